The van der Waals surface area contributed by atoms with Gasteiger partial charge >= 0.3 is 0 Å². The summed E-state index contributed by atoms with van der Waals surface area (Å²) < 4.78 is 12.2. The summed E-state index contributed by atoms with van der Waals surface area (Å²) in [7, 11) is -1.76. The number of hydrogen-bond acceptors (Lipinski definition) is 2. The third kappa shape index (κ3) is 1.99. The summed E-state index contributed by atoms with van der Waals surface area (Å²) in [5.74, 6) is 4.39. The molecule has 2 unspecified atom stereocenters. The molecule has 0 aromatic carbocycles. The van der Waals surface area contributed by atoms with E-state index < -0.39 is 8.07 Å². The summed E-state index contributed by atoms with van der Waals surface area (Å²) in [6, 6.07) is 4.34. The van der Waals surface area contributed by atoms with E-state index in [4.69, 9.17) is 8.83 Å². The molecule has 2 aliphatic carbocycles. The molecule has 2 aromatic heterocycles. The predicted octanol–water partition coefficient (Wildman–Crippen LogP) is 5.98. The molecule has 0 N–H and O–H groups in total. The molecule has 2 aromatic rings. The van der Waals surface area contributed by atoms with Crippen LogP contribution in [0.1, 0.15) is 59.1 Å². The highest BCUT2D eigenvalue weighted by molar-refractivity contribution is 6.81. The molecular weight excluding hydrogens is 300 g/mol. The van der Waals surface area contributed by atoms with Crippen LogP contribution in [-0.2, 0) is 0 Å². The van der Waals surface area contributed by atoms with Crippen molar-refractivity contribution in [2.45, 2.75) is 51.9 Å². The monoisotopic (exact) mass is 324 g/mol. The zero-order chi connectivity index (χ0) is 16.5. The van der Waals surface area contributed by atoms with Gasteiger partial charge in [0.2, 0.25) is 0 Å². The average molecular weight is 324 g/mol. The summed E-state index contributed by atoms with van der Waals surface area (Å²) in [5.41, 5.74) is 6.30. The van der Waals surface area contributed by atoms with Gasteiger partial charge in [-0.3, -0.25) is 0 Å². The van der Waals surface area contributed by atoms with Gasteiger partial charge in [-0.2, -0.15) is 0 Å². The lowest BCUT2D eigenvalue weighted by atomic mass is 10.2. The first-order chi connectivity index (χ1) is 10.8. The van der Waals surface area contributed by atoms with Crippen LogP contribution in [0.2, 0.25) is 13.1 Å². The van der Waals surface area contributed by atoms with E-state index in [-0.39, 0.29) is 0 Å². The Balaban J connectivity index is 1.82. The molecule has 2 atom stereocenters. The number of furan rings is 2. The van der Waals surface area contributed by atoms with Crippen molar-refractivity contribution in [3.8, 4) is 0 Å². The minimum atomic E-state index is -1.76. The number of allylic oxidation sites excluding steroid dienone is 2. The van der Waals surface area contributed by atoms with Crippen LogP contribution in [-0.4, -0.2) is 8.07 Å². The third-order valence-corrected chi connectivity index (χ3v) is 9.93. The molecule has 4 rings (SSSR count). The molecule has 2 heterocycles. The van der Waals surface area contributed by atoms with E-state index in [9.17, 15) is 0 Å². The number of hydrogen-bond donors (Lipinski definition) is 0. The topological polar surface area (TPSA) is 26.3 Å². The second-order valence-corrected chi connectivity index (χ2v) is 12.6. The van der Waals surface area contributed by atoms with Crippen molar-refractivity contribution < 1.29 is 8.83 Å². The number of fused-ring (bicyclic) bond motifs is 2. The Morgan fingerprint density at radius 3 is 1.52 bits per heavy atom. The maximum atomic E-state index is 6.12. The Kier molecular flexibility index (Phi) is 2.99. The molecule has 0 saturated carbocycles. The van der Waals surface area contributed by atoms with Gasteiger partial charge in [-0.1, -0.05) is 36.4 Å². The van der Waals surface area contributed by atoms with Crippen molar-refractivity contribution in [1.82, 2.24) is 0 Å². The molecule has 0 bridgehead atoms. The van der Waals surface area contributed by atoms with Gasteiger partial charge in [0, 0.05) is 22.2 Å². The van der Waals surface area contributed by atoms with Crippen LogP contribution in [0.15, 0.2) is 32.1 Å². The van der Waals surface area contributed by atoms with Gasteiger partial charge in [-0.25, -0.2) is 0 Å². The fourth-order valence-electron chi connectivity index (χ4n) is 4.87. The fourth-order valence-corrected chi connectivity index (χ4v) is 9.52. The lowest BCUT2D eigenvalue weighted by molar-refractivity contribution is 0.475. The predicted molar refractivity (Wildman–Crippen MR) is 97.2 cm³/mol. The van der Waals surface area contributed by atoms with E-state index >= 15 is 0 Å². The highest BCUT2D eigenvalue weighted by atomic mass is 28.3. The summed E-state index contributed by atoms with van der Waals surface area (Å²) in [4.78, 5) is 0. The van der Waals surface area contributed by atoms with Gasteiger partial charge in [0.25, 0.3) is 0 Å². The second kappa shape index (κ2) is 4.64. The zero-order valence-corrected chi connectivity index (χ0v) is 15.8. The fraction of sp³-hybridized carbons (Fsp3) is 0.400. The van der Waals surface area contributed by atoms with Crippen LogP contribution >= 0.6 is 0 Å². The summed E-state index contributed by atoms with van der Waals surface area (Å²) >= 11 is 0. The third-order valence-electron chi connectivity index (χ3n) is 5.52. The van der Waals surface area contributed by atoms with Gasteiger partial charge in [0.05, 0.1) is 8.07 Å². The Morgan fingerprint density at radius 2 is 1.13 bits per heavy atom. The molecule has 0 fully saturated rings. The molecule has 2 nitrogen and oxygen atoms in total. The summed E-state index contributed by atoms with van der Waals surface area (Å²) in [6.45, 7) is 13.6. The first kappa shape index (κ1) is 14.8. The Morgan fingerprint density at radius 1 is 0.739 bits per heavy atom. The molecule has 23 heavy (non-hydrogen) atoms. The standard InChI is InChI=1S/C20H24O2Si/c1-11-7-15-9-13(3)21-17(15)19(11)23(5,6)20-12(2)8-16-10-14(4)22-18(16)20/h7-10,19-20H,1-6H3. The number of rotatable bonds is 2. The van der Waals surface area contributed by atoms with Crippen LogP contribution in [0.3, 0.4) is 0 Å². The largest absolute Gasteiger partial charge is 0.465 e. The van der Waals surface area contributed by atoms with Crippen molar-refractivity contribution in [3.63, 3.8) is 0 Å². The van der Waals surface area contributed by atoms with Crippen LogP contribution in [0.25, 0.3) is 12.2 Å². The first-order valence-electron chi connectivity index (χ1n) is 8.36. The summed E-state index contributed by atoms with van der Waals surface area (Å²) in [6.07, 6.45) is 4.63. The number of aryl methyl sites for hydroxylation is 2. The van der Waals surface area contributed by atoms with Gasteiger partial charge < -0.3 is 8.83 Å². The molecule has 120 valence electrons. The zero-order valence-electron chi connectivity index (χ0n) is 14.8. The van der Waals surface area contributed by atoms with Gasteiger partial charge in [-0.15, -0.1) is 0 Å². The molecule has 0 spiro atoms. The normalized spacial score (nSPS) is 22.9. The smallest absolute Gasteiger partial charge is 0.115 e. The molecule has 0 amide bonds. The van der Waals surface area contributed by atoms with Crippen molar-refractivity contribution >= 4 is 20.2 Å². The van der Waals surface area contributed by atoms with Crippen LogP contribution in [0, 0.1) is 13.8 Å². The molecule has 2 aliphatic rings. The van der Waals surface area contributed by atoms with Crippen LogP contribution in [0.5, 0.6) is 0 Å². The Hall–Kier alpha value is -1.74. The quantitative estimate of drug-likeness (QED) is 0.635. The van der Waals surface area contributed by atoms with Crippen molar-refractivity contribution in [1.29, 1.82) is 0 Å². The molecule has 3 heteroatoms. The van der Waals surface area contributed by atoms with E-state index in [1.54, 1.807) is 0 Å². The van der Waals surface area contributed by atoms with E-state index in [0.29, 0.717) is 11.1 Å². The van der Waals surface area contributed by atoms with Gasteiger partial charge in [0.15, 0.2) is 0 Å². The van der Waals surface area contributed by atoms with Crippen molar-refractivity contribution in [3.05, 3.63) is 57.4 Å². The maximum absolute atomic E-state index is 6.12. The van der Waals surface area contributed by atoms with E-state index in [1.165, 1.54) is 33.8 Å². The lowest BCUT2D eigenvalue weighted by Gasteiger charge is -2.36. The van der Waals surface area contributed by atoms with E-state index in [0.717, 1.165) is 11.5 Å². The molecular formula is C20H24O2Si. The van der Waals surface area contributed by atoms with Crippen LogP contribution in [0.4, 0.5) is 0 Å². The first-order valence-corrected chi connectivity index (χ1v) is 11.5. The second-order valence-electron chi connectivity index (χ2n) is 7.82. The molecule has 0 radical (unpaired) electrons. The van der Waals surface area contributed by atoms with E-state index in [1.807, 2.05) is 13.8 Å². The van der Waals surface area contributed by atoms with Gasteiger partial charge in [0.1, 0.15) is 23.0 Å². The van der Waals surface area contributed by atoms with E-state index in [2.05, 4.69) is 51.2 Å². The molecule has 0 saturated heterocycles. The average Bonchev–Trinajstić information content (AvgIpc) is 3.06. The Bertz CT molecular complexity index is 790. The van der Waals surface area contributed by atoms with Gasteiger partial charge in [-0.05, 0) is 39.8 Å². The maximum Gasteiger partial charge on any atom is 0.115 e. The highest BCUT2D eigenvalue weighted by Crippen LogP contribution is 2.53. The SMILES string of the molecule is CC1=Cc2cc(C)oc2C1[Si](C)(C)C1C(C)=Cc2cc(C)oc21. The van der Waals surface area contributed by atoms with Crippen molar-refractivity contribution in [2.24, 2.45) is 0 Å². The Labute approximate surface area is 138 Å². The van der Waals surface area contributed by atoms with Crippen LogP contribution < -0.4 is 0 Å². The summed E-state index contributed by atoms with van der Waals surface area (Å²) in [5, 5.41) is 0. The molecule has 0 aliphatic heterocycles. The minimum absolute atomic E-state index is 0.427. The highest BCUT2D eigenvalue weighted by Gasteiger charge is 2.49. The lowest BCUT2D eigenvalue weighted by Crippen LogP contribution is -2.42. The minimum Gasteiger partial charge on any atom is -0.465 e. The van der Waals surface area contributed by atoms with Crippen molar-refractivity contribution in [2.75, 3.05) is 0 Å².